The number of rotatable bonds is 8. The number of H-pyrrole nitrogens is 1. The Labute approximate surface area is 178 Å². The molecule has 0 fully saturated rings. The first-order valence-electron chi connectivity index (χ1n) is 9.42. The number of benzene rings is 3. The van der Waals surface area contributed by atoms with Crippen molar-refractivity contribution in [3.05, 3.63) is 90.0 Å². The third kappa shape index (κ3) is 5.48. The molecule has 0 atom stereocenters. The molecule has 7 heteroatoms. The molecule has 1 heterocycles. The standard InChI is InChI=1S/C23H20N4O2S/c28-22(16-30-23-25-20-8-4-5-9-21(20)26-23)27-24-14-17-10-12-19(13-11-17)29-15-18-6-2-1-3-7-18/h1-14H,15-16H2,(H,25,26)(H,27,28)/b24-14-. The van der Waals surface area contributed by atoms with Crippen LogP contribution in [0.3, 0.4) is 0 Å². The average Bonchev–Trinajstić information content (AvgIpc) is 3.21. The molecule has 0 aliphatic rings. The Bertz CT molecular complexity index is 1110. The van der Waals surface area contributed by atoms with Gasteiger partial charge in [-0.1, -0.05) is 54.2 Å². The van der Waals surface area contributed by atoms with Gasteiger partial charge in [-0.3, -0.25) is 4.79 Å². The summed E-state index contributed by atoms with van der Waals surface area (Å²) in [6.45, 7) is 0.521. The number of para-hydroxylation sites is 2. The predicted octanol–water partition coefficient (Wildman–Crippen LogP) is 4.38. The van der Waals surface area contributed by atoms with Crippen LogP contribution in [0.25, 0.3) is 11.0 Å². The Kier molecular flexibility index (Phi) is 6.41. The molecule has 2 N–H and O–H groups in total. The summed E-state index contributed by atoms with van der Waals surface area (Å²) in [6.07, 6.45) is 1.60. The van der Waals surface area contributed by atoms with Crippen molar-refractivity contribution < 1.29 is 9.53 Å². The third-order valence-corrected chi connectivity index (χ3v) is 5.11. The molecule has 1 aromatic heterocycles. The number of ether oxygens (including phenoxy) is 1. The van der Waals surface area contributed by atoms with E-state index >= 15 is 0 Å². The summed E-state index contributed by atoms with van der Waals surface area (Å²) in [5.74, 6) is 0.811. The van der Waals surface area contributed by atoms with Crippen molar-refractivity contribution in [1.82, 2.24) is 15.4 Å². The van der Waals surface area contributed by atoms with E-state index < -0.39 is 0 Å². The highest BCUT2D eigenvalue weighted by Crippen LogP contribution is 2.18. The van der Waals surface area contributed by atoms with E-state index in [-0.39, 0.29) is 11.7 Å². The van der Waals surface area contributed by atoms with Crippen molar-refractivity contribution >= 4 is 34.9 Å². The van der Waals surface area contributed by atoms with E-state index in [0.29, 0.717) is 11.8 Å². The summed E-state index contributed by atoms with van der Waals surface area (Å²) >= 11 is 1.34. The number of hydrazone groups is 1. The number of fused-ring (bicyclic) bond motifs is 1. The zero-order valence-electron chi connectivity index (χ0n) is 16.1. The topological polar surface area (TPSA) is 79.4 Å². The Morgan fingerprint density at radius 1 is 1.03 bits per heavy atom. The summed E-state index contributed by atoms with van der Waals surface area (Å²) in [6, 6.07) is 25.3. The second kappa shape index (κ2) is 9.76. The van der Waals surface area contributed by atoms with Gasteiger partial charge in [0.1, 0.15) is 12.4 Å². The molecule has 0 aliphatic heterocycles. The molecule has 0 aliphatic carbocycles. The number of hydrogen-bond acceptors (Lipinski definition) is 5. The summed E-state index contributed by atoms with van der Waals surface area (Å²) in [4.78, 5) is 19.6. The van der Waals surface area contributed by atoms with Gasteiger partial charge in [0.2, 0.25) is 0 Å². The van der Waals surface area contributed by atoms with Gasteiger partial charge in [0, 0.05) is 0 Å². The zero-order valence-corrected chi connectivity index (χ0v) is 16.9. The quantitative estimate of drug-likeness (QED) is 0.254. The van der Waals surface area contributed by atoms with E-state index in [1.807, 2.05) is 78.9 Å². The van der Waals surface area contributed by atoms with E-state index in [9.17, 15) is 4.79 Å². The normalized spacial score (nSPS) is 11.1. The molecule has 3 aromatic carbocycles. The number of hydrogen-bond donors (Lipinski definition) is 2. The lowest BCUT2D eigenvalue weighted by atomic mass is 10.2. The van der Waals surface area contributed by atoms with Crippen molar-refractivity contribution in [2.24, 2.45) is 5.10 Å². The summed E-state index contributed by atoms with van der Waals surface area (Å²) in [7, 11) is 0. The van der Waals surface area contributed by atoms with Crippen molar-refractivity contribution in [3.8, 4) is 5.75 Å². The van der Waals surface area contributed by atoms with E-state index in [2.05, 4.69) is 20.5 Å². The second-order valence-corrected chi connectivity index (χ2v) is 7.45. The molecule has 0 radical (unpaired) electrons. The average molecular weight is 417 g/mol. The molecule has 0 unspecified atom stereocenters. The maximum Gasteiger partial charge on any atom is 0.250 e. The van der Waals surface area contributed by atoms with Crippen molar-refractivity contribution in [2.75, 3.05) is 5.75 Å². The smallest absolute Gasteiger partial charge is 0.250 e. The van der Waals surface area contributed by atoms with Gasteiger partial charge < -0.3 is 9.72 Å². The molecule has 6 nitrogen and oxygen atoms in total. The summed E-state index contributed by atoms with van der Waals surface area (Å²) in [5, 5.41) is 4.72. The molecule has 0 bridgehead atoms. The monoisotopic (exact) mass is 416 g/mol. The molecule has 150 valence electrons. The fraction of sp³-hybridized carbons (Fsp3) is 0.0870. The molecular weight excluding hydrogens is 396 g/mol. The number of amides is 1. The fourth-order valence-corrected chi connectivity index (χ4v) is 3.41. The Hall–Kier alpha value is -3.58. The number of imidazole rings is 1. The van der Waals surface area contributed by atoms with Gasteiger partial charge in [-0.25, -0.2) is 10.4 Å². The maximum atomic E-state index is 12.0. The first-order chi connectivity index (χ1) is 14.8. The maximum absolute atomic E-state index is 12.0. The van der Waals surface area contributed by atoms with Gasteiger partial charge in [-0.15, -0.1) is 0 Å². The minimum absolute atomic E-state index is 0.195. The molecule has 0 saturated heterocycles. The van der Waals surface area contributed by atoms with Crippen LogP contribution in [0.1, 0.15) is 11.1 Å². The van der Waals surface area contributed by atoms with Crippen LogP contribution in [-0.2, 0) is 11.4 Å². The summed E-state index contributed by atoms with van der Waals surface area (Å²) < 4.78 is 5.76. The van der Waals surface area contributed by atoms with E-state index in [4.69, 9.17) is 4.74 Å². The first kappa shape index (κ1) is 19.7. The molecular formula is C23H20N4O2S. The Balaban J connectivity index is 1.22. The van der Waals surface area contributed by atoms with E-state index in [0.717, 1.165) is 27.9 Å². The number of carbonyl (C=O) groups is 1. The van der Waals surface area contributed by atoms with E-state index in [1.165, 1.54) is 11.8 Å². The molecule has 1 amide bonds. The van der Waals surface area contributed by atoms with Crippen LogP contribution in [0.15, 0.2) is 89.1 Å². The van der Waals surface area contributed by atoms with E-state index in [1.54, 1.807) is 6.21 Å². The van der Waals surface area contributed by atoms with Crippen LogP contribution in [0.2, 0.25) is 0 Å². The Morgan fingerprint density at radius 3 is 2.60 bits per heavy atom. The number of nitrogens with zero attached hydrogens (tertiary/aromatic N) is 2. The predicted molar refractivity (Wildman–Crippen MR) is 120 cm³/mol. The molecule has 0 saturated carbocycles. The van der Waals surface area contributed by atoms with Gasteiger partial charge in [0.25, 0.3) is 5.91 Å². The van der Waals surface area contributed by atoms with Gasteiger partial charge in [0.05, 0.1) is 23.0 Å². The van der Waals surface area contributed by atoms with Crippen molar-refractivity contribution in [3.63, 3.8) is 0 Å². The highest BCUT2D eigenvalue weighted by molar-refractivity contribution is 7.99. The minimum atomic E-state index is -0.195. The van der Waals surface area contributed by atoms with Crippen LogP contribution in [-0.4, -0.2) is 27.8 Å². The molecule has 0 spiro atoms. The van der Waals surface area contributed by atoms with Crippen LogP contribution in [0, 0.1) is 0 Å². The molecule has 4 aromatic rings. The number of aromatic nitrogens is 2. The number of carbonyl (C=O) groups excluding carboxylic acids is 1. The number of nitrogens with one attached hydrogen (secondary N) is 2. The lowest BCUT2D eigenvalue weighted by Gasteiger charge is -2.06. The number of aromatic amines is 1. The molecule has 30 heavy (non-hydrogen) atoms. The zero-order chi connectivity index (χ0) is 20.6. The van der Waals surface area contributed by atoms with Crippen LogP contribution >= 0.6 is 11.8 Å². The number of thioether (sulfide) groups is 1. The first-order valence-corrected chi connectivity index (χ1v) is 10.4. The lowest BCUT2D eigenvalue weighted by molar-refractivity contribution is -0.118. The Morgan fingerprint density at radius 2 is 1.80 bits per heavy atom. The van der Waals surface area contributed by atoms with Crippen LogP contribution < -0.4 is 10.2 Å². The minimum Gasteiger partial charge on any atom is -0.489 e. The van der Waals surface area contributed by atoms with Gasteiger partial charge in [0.15, 0.2) is 5.16 Å². The lowest BCUT2D eigenvalue weighted by Crippen LogP contribution is -2.19. The van der Waals surface area contributed by atoms with Crippen molar-refractivity contribution in [2.45, 2.75) is 11.8 Å². The highest BCUT2D eigenvalue weighted by atomic mass is 32.2. The largest absolute Gasteiger partial charge is 0.489 e. The van der Waals surface area contributed by atoms with Crippen LogP contribution in [0.5, 0.6) is 5.75 Å². The van der Waals surface area contributed by atoms with Gasteiger partial charge in [-0.2, -0.15) is 5.10 Å². The van der Waals surface area contributed by atoms with Gasteiger partial charge >= 0.3 is 0 Å². The highest BCUT2D eigenvalue weighted by Gasteiger charge is 2.06. The van der Waals surface area contributed by atoms with Crippen molar-refractivity contribution in [1.29, 1.82) is 0 Å². The second-order valence-electron chi connectivity index (χ2n) is 6.48. The summed E-state index contributed by atoms with van der Waals surface area (Å²) in [5.41, 5.74) is 6.36. The van der Waals surface area contributed by atoms with Crippen LogP contribution in [0.4, 0.5) is 0 Å². The SMILES string of the molecule is O=C(CSc1nc2ccccc2[nH]1)N/N=C\c1ccc(OCc2ccccc2)cc1. The fourth-order valence-electron chi connectivity index (χ4n) is 2.73. The third-order valence-electron chi connectivity index (χ3n) is 4.24. The van der Waals surface area contributed by atoms with Gasteiger partial charge in [-0.05, 0) is 47.5 Å². The molecule has 4 rings (SSSR count).